The van der Waals surface area contributed by atoms with Crippen molar-refractivity contribution in [3.05, 3.63) is 70.5 Å². The van der Waals surface area contributed by atoms with Gasteiger partial charge in [-0.25, -0.2) is 4.39 Å². The lowest BCUT2D eigenvalue weighted by molar-refractivity contribution is 0.512. The second-order valence-electron chi connectivity index (χ2n) is 4.80. The molecule has 20 heavy (non-hydrogen) atoms. The average molecular weight is 332 g/mol. The van der Waals surface area contributed by atoms with Gasteiger partial charge >= 0.3 is 0 Å². The highest BCUT2D eigenvalue weighted by Crippen LogP contribution is 2.36. The highest BCUT2D eigenvalue weighted by molar-refractivity contribution is 6.32. The predicted octanol–water partition coefficient (Wildman–Crippen LogP) is 5.44. The molecule has 0 aliphatic heterocycles. The van der Waals surface area contributed by atoms with Crippen molar-refractivity contribution in [1.82, 2.24) is 0 Å². The van der Waals surface area contributed by atoms with Crippen molar-refractivity contribution in [3.8, 4) is 0 Å². The van der Waals surface area contributed by atoms with Crippen molar-refractivity contribution in [3.63, 3.8) is 0 Å². The van der Waals surface area contributed by atoms with Crippen molar-refractivity contribution >= 4 is 34.8 Å². The summed E-state index contributed by atoms with van der Waals surface area (Å²) in [7, 11) is 0. The summed E-state index contributed by atoms with van der Waals surface area (Å²) in [4.78, 5) is 0. The molecule has 0 unspecified atom stereocenters. The second-order valence-corrected chi connectivity index (χ2v) is 5.74. The van der Waals surface area contributed by atoms with Crippen LogP contribution in [0, 0.1) is 5.82 Å². The fourth-order valence-corrected chi connectivity index (χ4v) is 3.37. The van der Waals surface area contributed by atoms with Crippen LogP contribution in [0.1, 0.15) is 11.1 Å². The van der Waals surface area contributed by atoms with E-state index in [0.717, 1.165) is 5.56 Å². The maximum Gasteiger partial charge on any atom is 0.126 e. The van der Waals surface area contributed by atoms with E-state index in [1.54, 1.807) is 24.3 Å². The number of halogens is 4. The first-order valence-corrected chi connectivity index (χ1v) is 7.68. The molecule has 0 aliphatic rings. The first-order chi connectivity index (χ1) is 9.63. The Morgan fingerprint density at radius 2 is 1.50 bits per heavy atom. The Labute approximate surface area is 133 Å². The summed E-state index contributed by atoms with van der Waals surface area (Å²) in [6.07, 6.45) is 0.413. The molecule has 0 bridgehead atoms. The molecule has 0 amide bonds. The molecule has 0 fully saturated rings. The van der Waals surface area contributed by atoms with Crippen molar-refractivity contribution in [2.45, 2.75) is 11.8 Å². The minimum atomic E-state index is -0.580. The fourth-order valence-electron chi connectivity index (χ4n) is 2.27. The van der Waals surface area contributed by atoms with E-state index in [1.807, 2.05) is 18.2 Å². The number of benzene rings is 2. The molecule has 0 aliphatic carbocycles. The van der Waals surface area contributed by atoms with Gasteiger partial charge in [0.05, 0.1) is 0 Å². The van der Waals surface area contributed by atoms with Gasteiger partial charge in [0, 0.05) is 22.2 Å². The van der Waals surface area contributed by atoms with E-state index in [9.17, 15) is 4.39 Å². The molecule has 0 heterocycles. The van der Waals surface area contributed by atoms with Crippen molar-refractivity contribution < 1.29 is 4.39 Å². The zero-order valence-corrected chi connectivity index (χ0v) is 13.0. The van der Waals surface area contributed by atoms with Gasteiger partial charge in [0.15, 0.2) is 0 Å². The van der Waals surface area contributed by atoms with Gasteiger partial charge in [-0.2, -0.15) is 0 Å². The Morgan fingerprint density at radius 3 is 2.10 bits per heavy atom. The smallest absolute Gasteiger partial charge is 0.126 e. The highest BCUT2D eigenvalue weighted by Gasteiger charge is 2.33. The van der Waals surface area contributed by atoms with E-state index >= 15 is 0 Å². The van der Waals surface area contributed by atoms with Gasteiger partial charge in [-0.3, -0.25) is 0 Å². The molecular weight excluding hydrogens is 318 g/mol. The maximum absolute atomic E-state index is 13.9. The van der Waals surface area contributed by atoms with Crippen LogP contribution in [0.3, 0.4) is 0 Å². The third-order valence-corrected chi connectivity index (χ3v) is 4.80. The monoisotopic (exact) mass is 330 g/mol. The van der Waals surface area contributed by atoms with E-state index < -0.39 is 5.41 Å². The molecule has 0 saturated heterocycles. The molecular formula is C16H14Cl3F. The van der Waals surface area contributed by atoms with Crippen LogP contribution in [0.4, 0.5) is 4.39 Å². The first-order valence-electron chi connectivity index (χ1n) is 6.23. The topological polar surface area (TPSA) is 0 Å². The molecule has 0 spiro atoms. The Hall–Kier alpha value is -0.760. The van der Waals surface area contributed by atoms with Gasteiger partial charge in [0.2, 0.25) is 0 Å². The minimum absolute atomic E-state index is 0.251. The van der Waals surface area contributed by atoms with Crippen LogP contribution in [0.25, 0.3) is 0 Å². The summed E-state index contributed by atoms with van der Waals surface area (Å²) in [6.45, 7) is 0. The predicted molar refractivity (Wildman–Crippen MR) is 84.7 cm³/mol. The summed E-state index contributed by atoms with van der Waals surface area (Å²) in [5.74, 6) is 0.294. The molecule has 4 heteroatoms. The number of hydrogen-bond acceptors (Lipinski definition) is 0. The van der Waals surface area contributed by atoms with Crippen LogP contribution >= 0.6 is 34.8 Å². The van der Waals surface area contributed by atoms with Crippen LogP contribution in [-0.2, 0) is 11.8 Å². The molecule has 0 atom stereocenters. The number of hydrogen-bond donors (Lipinski definition) is 0. The standard InChI is InChI=1S/C16H14Cl3F/c17-10-16(11-18,13-6-2-3-7-14(13)19)9-12-5-1-4-8-15(12)20/h1-8H,9-11H2. The first kappa shape index (κ1) is 15.6. The number of rotatable bonds is 5. The summed E-state index contributed by atoms with van der Waals surface area (Å²) < 4.78 is 13.9. The third kappa shape index (κ3) is 3.11. The third-order valence-electron chi connectivity index (χ3n) is 3.44. The van der Waals surface area contributed by atoms with Crippen LogP contribution in [0.2, 0.25) is 5.02 Å². The van der Waals surface area contributed by atoms with Crippen LogP contribution in [0.15, 0.2) is 48.5 Å². The molecule has 2 aromatic carbocycles. The Kier molecular flexibility index (Phi) is 5.31. The Morgan fingerprint density at radius 1 is 0.900 bits per heavy atom. The van der Waals surface area contributed by atoms with E-state index in [-0.39, 0.29) is 17.6 Å². The van der Waals surface area contributed by atoms with Gasteiger partial charge in [-0.1, -0.05) is 48.0 Å². The highest BCUT2D eigenvalue weighted by atomic mass is 35.5. The lowest BCUT2D eigenvalue weighted by atomic mass is 9.78. The molecule has 0 nitrogen and oxygen atoms in total. The SMILES string of the molecule is Fc1ccccc1CC(CCl)(CCl)c1ccccc1Cl. The molecule has 2 aromatic rings. The minimum Gasteiger partial charge on any atom is -0.207 e. The molecule has 0 saturated carbocycles. The van der Waals surface area contributed by atoms with Gasteiger partial charge in [-0.15, -0.1) is 23.2 Å². The molecule has 0 N–H and O–H groups in total. The summed E-state index contributed by atoms with van der Waals surface area (Å²) in [6, 6.07) is 14.1. The molecule has 2 rings (SSSR count). The second kappa shape index (κ2) is 6.80. The van der Waals surface area contributed by atoms with E-state index in [4.69, 9.17) is 34.8 Å². The zero-order valence-electron chi connectivity index (χ0n) is 10.8. The van der Waals surface area contributed by atoms with Gasteiger partial charge < -0.3 is 0 Å². The van der Waals surface area contributed by atoms with Gasteiger partial charge in [0.1, 0.15) is 5.82 Å². The average Bonchev–Trinajstić information content (AvgIpc) is 2.48. The van der Waals surface area contributed by atoms with Crippen LogP contribution < -0.4 is 0 Å². The largest absolute Gasteiger partial charge is 0.207 e. The quantitative estimate of drug-likeness (QED) is 0.640. The molecule has 0 radical (unpaired) electrons. The lowest BCUT2D eigenvalue weighted by Crippen LogP contribution is -2.34. The van der Waals surface area contributed by atoms with Crippen molar-refractivity contribution in [1.29, 1.82) is 0 Å². The Bertz CT molecular complexity index is 579. The number of alkyl halides is 2. The summed E-state index contributed by atoms with van der Waals surface area (Å²) in [5, 5.41) is 0.602. The van der Waals surface area contributed by atoms with Crippen molar-refractivity contribution in [2.75, 3.05) is 11.8 Å². The summed E-state index contributed by atoms with van der Waals surface area (Å²) in [5.41, 5.74) is 0.868. The summed E-state index contributed by atoms with van der Waals surface area (Å²) >= 11 is 18.6. The van der Waals surface area contributed by atoms with Crippen LogP contribution in [-0.4, -0.2) is 11.8 Å². The van der Waals surface area contributed by atoms with Gasteiger partial charge in [-0.05, 0) is 29.7 Å². The van der Waals surface area contributed by atoms with E-state index in [0.29, 0.717) is 17.0 Å². The van der Waals surface area contributed by atoms with Crippen LogP contribution in [0.5, 0.6) is 0 Å². The molecule has 106 valence electrons. The maximum atomic E-state index is 13.9. The zero-order chi connectivity index (χ0) is 14.6. The fraction of sp³-hybridized carbons (Fsp3) is 0.250. The lowest BCUT2D eigenvalue weighted by Gasteiger charge is -2.31. The Balaban J connectivity index is 2.46. The van der Waals surface area contributed by atoms with Gasteiger partial charge in [0.25, 0.3) is 0 Å². The normalized spacial score (nSPS) is 11.6. The molecule has 0 aromatic heterocycles. The van der Waals surface area contributed by atoms with Crippen molar-refractivity contribution in [2.24, 2.45) is 0 Å². The van der Waals surface area contributed by atoms with E-state index in [2.05, 4.69) is 0 Å². The van der Waals surface area contributed by atoms with E-state index in [1.165, 1.54) is 6.07 Å².